The van der Waals surface area contributed by atoms with E-state index in [1.165, 1.54) is 23.3 Å². The molecule has 3 heterocycles. The summed E-state index contributed by atoms with van der Waals surface area (Å²) in [5, 5.41) is 2.11. The molecule has 1 aliphatic rings. The van der Waals surface area contributed by atoms with Gasteiger partial charge < -0.3 is 19.1 Å². The van der Waals surface area contributed by atoms with E-state index >= 15 is 4.39 Å². The van der Waals surface area contributed by atoms with Crippen molar-refractivity contribution in [2.45, 2.75) is 52.4 Å². The number of anilines is 4. The second-order valence-electron chi connectivity index (χ2n) is 16.4. The number of halogens is 1. The SMILES string of the molecule is CC(C)(C)c1ccnc(-n2c3[c-]c(Oc4[c-]c(N5[CH-]N(c6cc(C(C)(C)C)ccc6-c6ccccc6)c6ccccc65)cc(F)c4)ccc3c3ccccc32)c1.[Pt]. The van der Waals surface area contributed by atoms with Crippen LogP contribution in [0, 0.1) is 24.6 Å². The van der Waals surface area contributed by atoms with Crippen molar-refractivity contribution in [2.75, 3.05) is 9.80 Å². The van der Waals surface area contributed by atoms with Gasteiger partial charge in [-0.1, -0.05) is 132 Å². The second-order valence-corrected chi connectivity index (χ2v) is 16.4. The van der Waals surface area contributed by atoms with Gasteiger partial charge in [-0.3, -0.25) is 0 Å². The largest absolute Gasteiger partial charge is 0.509 e. The molecule has 0 spiro atoms. The van der Waals surface area contributed by atoms with Gasteiger partial charge in [-0.15, -0.1) is 36.3 Å². The van der Waals surface area contributed by atoms with Gasteiger partial charge in [0.1, 0.15) is 5.82 Å². The Labute approximate surface area is 348 Å². The fraction of sp³-hybridized carbons (Fsp3) is 0.160. The number of aromatic nitrogens is 2. The Hall–Kier alpha value is -5.71. The zero-order chi connectivity index (χ0) is 38.8. The molecule has 0 radical (unpaired) electrons. The molecule has 57 heavy (non-hydrogen) atoms. The van der Waals surface area contributed by atoms with Crippen molar-refractivity contribution in [1.29, 1.82) is 0 Å². The summed E-state index contributed by atoms with van der Waals surface area (Å²) in [7, 11) is 0. The number of benzene rings is 6. The zero-order valence-electron chi connectivity index (χ0n) is 32.7. The average Bonchev–Trinajstić information content (AvgIpc) is 3.73. The summed E-state index contributed by atoms with van der Waals surface area (Å²) in [5.41, 5.74) is 9.77. The fourth-order valence-corrected chi connectivity index (χ4v) is 7.53. The van der Waals surface area contributed by atoms with Gasteiger partial charge in [0.2, 0.25) is 0 Å². The van der Waals surface area contributed by atoms with E-state index in [-0.39, 0.29) is 37.6 Å². The minimum Gasteiger partial charge on any atom is -0.509 e. The summed E-state index contributed by atoms with van der Waals surface area (Å²) in [6.07, 6.45) is 1.86. The third kappa shape index (κ3) is 7.12. The predicted octanol–water partition coefficient (Wildman–Crippen LogP) is 13.4. The van der Waals surface area contributed by atoms with Crippen molar-refractivity contribution < 1.29 is 30.2 Å². The molecule has 0 bridgehead atoms. The summed E-state index contributed by atoms with van der Waals surface area (Å²) >= 11 is 0. The van der Waals surface area contributed by atoms with E-state index < -0.39 is 5.82 Å². The first-order valence-corrected chi connectivity index (χ1v) is 19.0. The van der Waals surface area contributed by atoms with Crippen LogP contribution in [0.5, 0.6) is 11.5 Å². The van der Waals surface area contributed by atoms with E-state index in [1.807, 2.05) is 66.3 Å². The zero-order valence-corrected chi connectivity index (χ0v) is 35.0. The molecule has 0 saturated heterocycles. The van der Waals surface area contributed by atoms with E-state index in [9.17, 15) is 0 Å². The van der Waals surface area contributed by atoms with E-state index in [0.717, 1.165) is 55.8 Å². The molecule has 288 valence electrons. The van der Waals surface area contributed by atoms with Gasteiger partial charge in [0.15, 0.2) is 0 Å². The van der Waals surface area contributed by atoms with Crippen molar-refractivity contribution >= 4 is 44.6 Å². The quantitative estimate of drug-likeness (QED) is 0.156. The predicted molar refractivity (Wildman–Crippen MR) is 227 cm³/mol. The molecule has 9 rings (SSSR count). The van der Waals surface area contributed by atoms with Crippen molar-refractivity contribution in [3.63, 3.8) is 0 Å². The molecule has 0 N–H and O–H groups in total. The van der Waals surface area contributed by atoms with Crippen LogP contribution < -0.4 is 14.5 Å². The third-order valence-corrected chi connectivity index (χ3v) is 10.5. The minimum atomic E-state index is -0.434. The van der Waals surface area contributed by atoms with Crippen LogP contribution >= 0.6 is 0 Å². The molecule has 0 unspecified atom stereocenters. The molecular weight excluding hydrogens is 887 g/mol. The minimum absolute atomic E-state index is 0. The number of para-hydroxylation sites is 3. The Morgan fingerprint density at radius 3 is 2.05 bits per heavy atom. The smallest absolute Gasteiger partial charge is 0.135 e. The first-order valence-electron chi connectivity index (χ1n) is 19.0. The van der Waals surface area contributed by atoms with Gasteiger partial charge in [0.05, 0.1) is 0 Å². The van der Waals surface area contributed by atoms with Crippen LogP contribution in [0.3, 0.4) is 0 Å². The van der Waals surface area contributed by atoms with E-state index in [4.69, 9.17) is 9.72 Å². The van der Waals surface area contributed by atoms with Gasteiger partial charge in [-0.05, 0) is 69.3 Å². The maximum absolute atomic E-state index is 15.7. The molecule has 5 nitrogen and oxygen atoms in total. The number of hydrogen-bond donors (Lipinski definition) is 0. The maximum Gasteiger partial charge on any atom is 0.135 e. The standard InChI is InChI=1S/C50H42FN4O.Pt/c1-49(2,3)34-20-22-40(33-14-8-7-9-15-33)46(26-34)54-32-53(44-18-12-13-19-45(44)54)37-28-36(51)29-39(30-37)56-38-21-23-42-41-16-10-11-17-43(41)55(47(42)31-38)48-27-35(24-25-52-48)50(4,5)6;/h7-29,32H,1-6H3;/q-3;. The Bertz CT molecular complexity index is 2760. The van der Waals surface area contributed by atoms with Crippen molar-refractivity contribution in [3.8, 4) is 28.4 Å². The molecule has 7 heteroatoms. The number of nitrogens with zero attached hydrogens (tertiary/aromatic N) is 4. The number of pyridine rings is 1. The Kier molecular flexibility index (Phi) is 9.82. The molecule has 6 aromatic carbocycles. The molecule has 8 aromatic rings. The van der Waals surface area contributed by atoms with Gasteiger partial charge >= 0.3 is 0 Å². The number of fused-ring (bicyclic) bond motifs is 4. The monoisotopic (exact) mass is 928 g/mol. The molecule has 2 aromatic heterocycles. The first kappa shape index (κ1) is 38.2. The molecule has 0 amide bonds. The van der Waals surface area contributed by atoms with Crippen LogP contribution in [-0.2, 0) is 31.9 Å². The average molecular weight is 929 g/mol. The van der Waals surface area contributed by atoms with Crippen LogP contribution in [0.15, 0.2) is 140 Å². The van der Waals surface area contributed by atoms with Crippen molar-refractivity contribution in [1.82, 2.24) is 9.55 Å². The first-order chi connectivity index (χ1) is 26.9. The topological polar surface area (TPSA) is 33.5 Å². The Morgan fingerprint density at radius 1 is 0.614 bits per heavy atom. The summed E-state index contributed by atoms with van der Waals surface area (Å²) in [5.74, 6) is 1.06. The van der Waals surface area contributed by atoms with Crippen LogP contribution in [0.25, 0.3) is 38.8 Å². The summed E-state index contributed by atoms with van der Waals surface area (Å²) in [6, 6.07) is 51.4. The van der Waals surface area contributed by atoms with Gasteiger partial charge in [-0.25, -0.2) is 9.37 Å². The number of hydrogen-bond acceptors (Lipinski definition) is 4. The molecule has 0 aliphatic carbocycles. The number of rotatable bonds is 6. The van der Waals surface area contributed by atoms with Crippen LogP contribution in [-0.4, -0.2) is 9.55 Å². The van der Waals surface area contributed by atoms with Crippen LogP contribution in [0.4, 0.5) is 27.1 Å². The molecular formula is C50H42FN4OPt-3. The fourth-order valence-electron chi connectivity index (χ4n) is 7.53. The normalized spacial score (nSPS) is 12.9. The number of ether oxygens (including phenoxy) is 1. The summed E-state index contributed by atoms with van der Waals surface area (Å²) in [4.78, 5) is 8.96. The van der Waals surface area contributed by atoms with Crippen molar-refractivity contribution in [3.05, 3.63) is 175 Å². The second kappa shape index (κ2) is 14.7. The molecule has 0 saturated carbocycles. The van der Waals surface area contributed by atoms with E-state index in [2.05, 4.69) is 136 Å². The molecule has 0 fully saturated rings. The third-order valence-electron chi connectivity index (χ3n) is 10.5. The van der Waals surface area contributed by atoms with Crippen LogP contribution in [0.2, 0.25) is 0 Å². The maximum atomic E-state index is 15.7. The van der Waals surface area contributed by atoms with E-state index in [0.29, 0.717) is 11.4 Å². The Balaban J connectivity index is 0.00000455. The molecule has 0 atom stereocenters. The van der Waals surface area contributed by atoms with Gasteiger partial charge in [0, 0.05) is 72.7 Å². The summed E-state index contributed by atoms with van der Waals surface area (Å²) in [6.45, 7) is 15.3. The van der Waals surface area contributed by atoms with Gasteiger partial charge in [-0.2, -0.15) is 6.07 Å². The van der Waals surface area contributed by atoms with Crippen molar-refractivity contribution in [2.24, 2.45) is 0 Å². The van der Waals surface area contributed by atoms with E-state index in [1.54, 1.807) is 0 Å². The van der Waals surface area contributed by atoms with Crippen LogP contribution in [0.1, 0.15) is 52.7 Å². The Morgan fingerprint density at radius 2 is 1.30 bits per heavy atom. The van der Waals surface area contributed by atoms with Gasteiger partial charge in [0.25, 0.3) is 0 Å². The summed E-state index contributed by atoms with van der Waals surface area (Å²) < 4.78 is 24.2. The molecule has 1 aliphatic heterocycles.